The molecule has 0 saturated carbocycles. The van der Waals surface area contributed by atoms with E-state index < -0.39 is 17.9 Å². The Morgan fingerprint density at radius 3 is 2.03 bits per heavy atom. The maximum Gasteiger partial charge on any atom is 0.573 e. The molecular weight excluding hydrogens is 477 g/mol. The summed E-state index contributed by atoms with van der Waals surface area (Å²) in [7, 11) is 0. The monoisotopic (exact) mass is 501 g/mol. The zero-order valence-electron chi connectivity index (χ0n) is 19.6. The number of rotatable bonds is 11. The molecule has 0 amide bonds. The minimum atomic E-state index is -4.77. The summed E-state index contributed by atoms with van der Waals surface area (Å²) in [6.07, 6.45) is -2.05. The van der Waals surface area contributed by atoms with E-state index in [1.807, 2.05) is 17.0 Å². The number of hydrogen-bond acceptors (Lipinski definition) is 7. The maximum absolute atomic E-state index is 12.4. The molecule has 0 atom stereocenters. The summed E-state index contributed by atoms with van der Waals surface area (Å²) in [5.41, 5.74) is 0.622. The van der Waals surface area contributed by atoms with Gasteiger partial charge in [0.25, 0.3) is 0 Å². The fraction of sp³-hybridized carbons (Fsp3) is 0.269. The molecule has 0 radical (unpaired) electrons. The smallest absolute Gasteiger partial charge is 0.546 e. The molecule has 36 heavy (non-hydrogen) atoms. The number of benzene rings is 2. The highest BCUT2D eigenvalue weighted by Gasteiger charge is 2.31. The SMILES string of the molecule is CC(C)(Oc1ccc(CCN(Cc2ccc(OC(F)(F)F)cc2)c2ccc(C=O)cn2)cc1)C(=O)[O-]. The first-order valence-corrected chi connectivity index (χ1v) is 11.0. The lowest BCUT2D eigenvalue weighted by molar-refractivity contribution is -0.320. The lowest BCUT2D eigenvalue weighted by atomic mass is 10.1. The van der Waals surface area contributed by atoms with Crippen molar-refractivity contribution in [1.82, 2.24) is 4.98 Å². The van der Waals surface area contributed by atoms with Crippen LogP contribution in [0.2, 0.25) is 0 Å². The van der Waals surface area contributed by atoms with Gasteiger partial charge in [-0.2, -0.15) is 0 Å². The molecule has 1 heterocycles. The number of carboxylic acid groups (broad SMARTS) is 1. The van der Waals surface area contributed by atoms with Crippen LogP contribution in [0.15, 0.2) is 66.9 Å². The molecular formula is C26H24F3N2O5-. The van der Waals surface area contributed by atoms with Crippen molar-refractivity contribution in [3.8, 4) is 11.5 Å². The zero-order chi connectivity index (χ0) is 26.3. The number of pyridine rings is 1. The number of alkyl halides is 3. The Balaban J connectivity index is 1.72. The van der Waals surface area contributed by atoms with Crippen molar-refractivity contribution in [2.45, 2.75) is 38.8 Å². The Kier molecular flexibility index (Phi) is 8.18. The van der Waals surface area contributed by atoms with Crippen molar-refractivity contribution in [2.75, 3.05) is 11.4 Å². The second-order valence-corrected chi connectivity index (χ2v) is 8.47. The third-order valence-electron chi connectivity index (χ3n) is 5.22. The van der Waals surface area contributed by atoms with E-state index in [0.717, 1.165) is 11.1 Å². The highest BCUT2D eigenvalue weighted by molar-refractivity contribution is 5.75. The van der Waals surface area contributed by atoms with E-state index in [4.69, 9.17) is 4.74 Å². The van der Waals surface area contributed by atoms with E-state index in [1.54, 1.807) is 36.4 Å². The lowest BCUT2D eigenvalue weighted by Crippen LogP contribution is -2.47. The Bertz CT molecular complexity index is 1160. The molecule has 0 saturated heterocycles. The molecule has 0 aliphatic rings. The summed E-state index contributed by atoms with van der Waals surface area (Å²) < 4.78 is 46.7. The number of ether oxygens (including phenoxy) is 2. The first kappa shape index (κ1) is 26.5. The number of aldehydes is 1. The van der Waals surface area contributed by atoms with Crippen LogP contribution in [0.25, 0.3) is 0 Å². The van der Waals surface area contributed by atoms with Crippen molar-refractivity contribution in [2.24, 2.45) is 0 Å². The van der Waals surface area contributed by atoms with Crippen LogP contribution in [0.1, 0.15) is 35.3 Å². The van der Waals surface area contributed by atoms with Gasteiger partial charge in [-0.1, -0.05) is 24.3 Å². The number of nitrogens with zero attached hydrogens (tertiary/aromatic N) is 2. The lowest BCUT2D eigenvalue weighted by Gasteiger charge is -2.27. The van der Waals surface area contributed by atoms with Crippen LogP contribution in [-0.2, 0) is 17.8 Å². The van der Waals surface area contributed by atoms with Crippen molar-refractivity contribution >= 4 is 18.1 Å². The van der Waals surface area contributed by atoms with Crippen LogP contribution in [0.4, 0.5) is 19.0 Å². The van der Waals surface area contributed by atoms with E-state index in [0.29, 0.717) is 42.9 Å². The molecule has 0 aliphatic heterocycles. The third-order valence-corrected chi connectivity index (χ3v) is 5.22. The van der Waals surface area contributed by atoms with Gasteiger partial charge >= 0.3 is 6.36 Å². The summed E-state index contributed by atoms with van der Waals surface area (Å²) in [6.45, 7) is 3.65. The molecule has 0 unspecified atom stereocenters. The predicted octanol–water partition coefficient (Wildman–Crippen LogP) is 3.95. The van der Waals surface area contributed by atoms with Gasteiger partial charge in [0.1, 0.15) is 22.9 Å². The highest BCUT2D eigenvalue weighted by atomic mass is 19.4. The minimum absolute atomic E-state index is 0.310. The number of halogens is 3. The van der Waals surface area contributed by atoms with E-state index in [2.05, 4.69) is 9.72 Å². The van der Waals surface area contributed by atoms with E-state index >= 15 is 0 Å². The maximum atomic E-state index is 12.4. The van der Waals surface area contributed by atoms with Crippen molar-refractivity contribution in [1.29, 1.82) is 0 Å². The quantitative estimate of drug-likeness (QED) is 0.368. The predicted molar refractivity (Wildman–Crippen MR) is 124 cm³/mol. The normalized spacial score (nSPS) is 11.6. The van der Waals surface area contributed by atoms with E-state index in [-0.39, 0.29) is 5.75 Å². The van der Waals surface area contributed by atoms with Crippen LogP contribution < -0.4 is 19.5 Å². The van der Waals surface area contributed by atoms with Crippen molar-refractivity contribution in [3.63, 3.8) is 0 Å². The Morgan fingerprint density at radius 1 is 0.944 bits per heavy atom. The number of carbonyl (C=O) groups is 2. The summed E-state index contributed by atoms with van der Waals surface area (Å²) >= 11 is 0. The Labute approximate surface area is 206 Å². The molecule has 2 aromatic carbocycles. The summed E-state index contributed by atoms with van der Waals surface area (Å²) in [5, 5.41) is 11.2. The number of aliphatic carboxylic acids is 1. The number of anilines is 1. The van der Waals surface area contributed by atoms with Crippen LogP contribution in [0, 0.1) is 0 Å². The molecule has 1 aromatic heterocycles. The van der Waals surface area contributed by atoms with Gasteiger partial charge in [0, 0.05) is 24.8 Å². The first-order chi connectivity index (χ1) is 16.9. The third kappa shape index (κ3) is 7.72. The van der Waals surface area contributed by atoms with Crippen molar-refractivity contribution < 1.29 is 37.3 Å². The minimum Gasteiger partial charge on any atom is -0.546 e. The van der Waals surface area contributed by atoms with Gasteiger partial charge in [-0.3, -0.25) is 4.79 Å². The molecule has 190 valence electrons. The summed E-state index contributed by atoms with van der Waals surface area (Å²) in [4.78, 5) is 28.4. The van der Waals surface area contributed by atoms with Gasteiger partial charge in [0.2, 0.25) is 0 Å². The van der Waals surface area contributed by atoms with Gasteiger partial charge in [0.05, 0.1) is 5.97 Å². The standard InChI is InChI=1S/C26H25F3N2O5/c1-25(2,24(33)34)35-21-8-3-18(4-9-21)13-14-31(23-12-7-20(17-32)15-30-23)16-19-5-10-22(11-6-19)36-26(27,28)29/h3-12,15,17H,13-14,16H2,1-2H3,(H,33,34)/p-1. The average molecular weight is 501 g/mol. The molecule has 0 fully saturated rings. The topological polar surface area (TPSA) is 91.8 Å². The second-order valence-electron chi connectivity index (χ2n) is 8.47. The molecule has 0 bridgehead atoms. The number of aromatic nitrogens is 1. The van der Waals surface area contributed by atoms with E-state index in [9.17, 15) is 27.9 Å². The zero-order valence-corrected chi connectivity index (χ0v) is 19.6. The molecule has 0 aliphatic carbocycles. The molecule has 3 aromatic rings. The van der Waals surface area contributed by atoms with Crippen LogP contribution in [0.5, 0.6) is 11.5 Å². The van der Waals surface area contributed by atoms with Gasteiger partial charge in [-0.05, 0) is 67.8 Å². The number of carboxylic acids is 1. The summed E-state index contributed by atoms with van der Waals surface area (Å²) in [5.74, 6) is -0.660. The summed E-state index contributed by atoms with van der Waals surface area (Å²) in [6, 6.07) is 15.9. The fourth-order valence-corrected chi connectivity index (χ4v) is 3.27. The Morgan fingerprint density at radius 2 is 1.53 bits per heavy atom. The number of hydrogen-bond donors (Lipinski definition) is 0. The van der Waals surface area contributed by atoms with Gasteiger partial charge in [0.15, 0.2) is 6.29 Å². The fourth-order valence-electron chi connectivity index (χ4n) is 3.27. The number of carbonyl (C=O) groups excluding carboxylic acids is 2. The van der Waals surface area contributed by atoms with Crippen molar-refractivity contribution in [3.05, 3.63) is 83.6 Å². The first-order valence-electron chi connectivity index (χ1n) is 11.0. The second kappa shape index (κ2) is 11.1. The molecule has 0 spiro atoms. The Hall–Kier alpha value is -4.08. The van der Waals surface area contributed by atoms with Crippen LogP contribution >= 0.6 is 0 Å². The average Bonchev–Trinajstić information content (AvgIpc) is 2.82. The van der Waals surface area contributed by atoms with Gasteiger partial charge in [-0.15, -0.1) is 13.2 Å². The van der Waals surface area contributed by atoms with Gasteiger partial charge in [-0.25, -0.2) is 4.98 Å². The van der Waals surface area contributed by atoms with Gasteiger partial charge < -0.3 is 24.3 Å². The highest BCUT2D eigenvalue weighted by Crippen LogP contribution is 2.24. The molecule has 0 N–H and O–H groups in total. The molecule has 3 rings (SSSR count). The largest absolute Gasteiger partial charge is 0.573 e. The molecule has 7 nitrogen and oxygen atoms in total. The van der Waals surface area contributed by atoms with Crippen LogP contribution in [0.3, 0.4) is 0 Å². The van der Waals surface area contributed by atoms with E-state index in [1.165, 1.54) is 32.2 Å². The van der Waals surface area contributed by atoms with Crippen LogP contribution in [-0.4, -0.2) is 35.7 Å². The molecule has 10 heteroatoms.